The Morgan fingerprint density at radius 3 is 2.20 bits per heavy atom. The van der Waals surface area contributed by atoms with Crippen LogP contribution in [0.2, 0.25) is 0 Å². The largest absolute Gasteiger partial charge is 0.511 e. The molecule has 0 amide bonds. The van der Waals surface area contributed by atoms with E-state index in [9.17, 15) is 9.59 Å². The summed E-state index contributed by atoms with van der Waals surface area (Å²) in [7, 11) is 0. The highest BCUT2D eigenvalue weighted by Crippen LogP contribution is 2.40. The molecule has 0 N–H and O–H groups in total. The van der Waals surface area contributed by atoms with Gasteiger partial charge in [-0.15, -0.1) is 0 Å². The normalized spacial score (nSPS) is 22.6. The highest BCUT2D eigenvalue weighted by Gasteiger charge is 2.45. The Balaban J connectivity index is 2.21. The van der Waals surface area contributed by atoms with E-state index < -0.39 is 12.4 Å². The molecule has 20 heavy (non-hydrogen) atoms. The maximum absolute atomic E-state index is 11.8. The fourth-order valence-electron chi connectivity index (χ4n) is 1.67. The standard InChI is InChI=1S/C14H24O6/c1-8(2)17-7-11-6-12(11)13(15)19-10(5)20-14(16)18-9(3)4/h8-12H,6-7H2,1-5H3/t10?,11-,12+/m0/s1. The summed E-state index contributed by atoms with van der Waals surface area (Å²) < 4.78 is 20.1. The molecule has 0 aromatic rings. The maximum atomic E-state index is 11.8. The fraction of sp³-hybridized carbons (Fsp3) is 0.857. The van der Waals surface area contributed by atoms with Crippen molar-refractivity contribution in [3.63, 3.8) is 0 Å². The number of carbonyl (C=O) groups excluding carboxylic acids is 2. The molecule has 1 fully saturated rings. The van der Waals surface area contributed by atoms with Crippen LogP contribution in [-0.4, -0.2) is 37.2 Å². The molecule has 1 aliphatic rings. The zero-order chi connectivity index (χ0) is 15.3. The van der Waals surface area contributed by atoms with Gasteiger partial charge < -0.3 is 18.9 Å². The van der Waals surface area contributed by atoms with E-state index in [4.69, 9.17) is 18.9 Å². The summed E-state index contributed by atoms with van der Waals surface area (Å²) in [5.74, 6) is -0.298. The van der Waals surface area contributed by atoms with Gasteiger partial charge in [-0.2, -0.15) is 0 Å². The molecule has 0 radical (unpaired) electrons. The van der Waals surface area contributed by atoms with E-state index in [1.165, 1.54) is 6.92 Å². The van der Waals surface area contributed by atoms with Crippen LogP contribution in [-0.2, 0) is 23.7 Å². The zero-order valence-corrected chi connectivity index (χ0v) is 12.8. The summed E-state index contributed by atoms with van der Waals surface area (Å²) in [6, 6.07) is 0. The number of ether oxygens (including phenoxy) is 4. The average Bonchev–Trinajstić information content (AvgIpc) is 3.03. The van der Waals surface area contributed by atoms with Crippen molar-refractivity contribution in [3.05, 3.63) is 0 Å². The lowest BCUT2D eigenvalue weighted by atomic mass is 10.3. The Morgan fingerprint density at radius 1 is 1.00 bits per heavy atom. The lowest BCUT2D eigenvalue weighted by Crippen LogP contribution is -2.25. The smallest absolute Gasteiger partial charge is 0.431 e. The number of carbonyl (C=O) groups is 2. The first kappa shape index (κ1) is 16.8. The molecular weight excluding hydrogens is 264 g/mol. The minimum atomic E-state index is -0.944. The van der Waals surface area contributed by atoms with Crippen molar-refractivity contribution in [3.8, 4) is 0 Å². The average molecular weight is 288 g/mol. The first-order chi connectivity index (χ1) is 9.29. The summed E-state index contributed by atoms with van der Waals surface area (Å²) in [5.41, 5.74) is 0. The molecular formula is C14H24O6. The van der Waals surface area contributed by atoms with Gasteiger partial charge in [0.2, 0.25) is 6.29 Å². The molecule has 0 spiro atoms. The monoisotopic (exact) mass is 288 g/mol. The van der Waals surface area contributed by atoms with Gasteiger partial charge in [0.25, 0.3) is 0 Å². The van der Waals surface area contributed by atoms with Crippen LogP contribution in [0.4, 0.5) is 4.79 Å². The lowest BCUT2D eigenvalue weighted by Gasteiger charge is -2.15. The summed E-state index contributed by atoms with van der Waals surface area (Å²) in [6.45, 7) is 9.37. The van der Waals surface area contributed by atoms with Gasteiger partial charge in [-0.05, 0) is 40.0 Å². The summed E-state index contributed by atoms with van der Waals surface area (Å²) in [5, 5.41) is 0. The van der Waals surface area contributed by atoms with E-state index in [-0.39, 0.29) is 30.0 Å². The van der Waals surface area contributed by atoms with E-state index in [1.807, 2.05) is 13.8 Å². The summed E-state index contributed by atoms with van der Waals surface area (Å²) in [4.78, 5) is 23.0. The topological polar surface area (TPSA) is 71.1 Å². The Labute approximate surface area is 119 Å². The van der Waals surface area contributed by atoms with Gasteiger partial charge in [0.15, 0.2) is 0 Å². The van der Waals surface area contributed by atoms with E-state index in [1.54, 1.807) is 13.8 Å². The summed E-state index contributed by atoms with van der Waals surface area (Å²) in [6.07, 6.45) is -1.14. The third-order valence-electron chi connectivity index (χ3n) is 2.75. The number of rotatable bonds is 7. The molecule has 0 aliphatic heterocycles. The molecule has 6 heteroatoms. The van der Waals surface area contributed by atoms with Gasteiger partial charge in [-0.25, -0.2) is 4.79 Å². The van der Waals surface area contributed by atoms with Gasteiger partial charge in [0.05, 0.1) is 24.7 Å². The Bertz CT molecular complexity index is 339. The molecule has 6 nitrogen and oxygen atoms in total. The predicted octanol–water partition coefficient (Wildman–Crippen LogP) is 2.50. The van der Waals surface area contributed by atoms with Crippen molar-refractivity contribution < 1.29 is 28.5 Å². The molecule has 1 aliphatic carbocycles. The molecule has 0 saturated heterocycles. The van der Waals surface area contributed by atoms with Crippen molar-refractivity contribution in [2.45, 2.75) is 59.5 Å². The SMILES string of the molecule is CC(C)OC[C@@H]1C[C@H]1C(=O)OC(C)OC(=O)OC(C)C. The van der Waals surface area contributed by atoms with E-state index in [0.29, 0.717) is 6.61 Å². The first-order valence-corrected chi connectivity index (χ1v) is 6.99. The second-order valence-electron chi connectivity index (χ2n) is 5.52. The molecule has 1 unspecified atom stereocenters. The Hall–Kier alpha value is -1.30. The Kier molecular flexibility index (Phi) is 6.26. The highest BCUT2D eigenvalue weighted by atomic mass is 16.8. The van der Waals surface area contributed by atoms with E-state index in [2.05, 4.69) is 0 Å². The van der Waals surface area contributed by atoms with Crippen LogP contribution in [0.25, 0.3) is 0 Å². The predicted molar refractivity (Wildman–Crippen MR) is 70.9 cm³/mol. The van der Waals surface area contributed by atoms with E-state index >= 15 is 0 Å². The molecule has 0 heterocycles. The van der Waals surface area contributed by atoms with Crippen molar-refractivity contribution in [2.24, 2.45) is 11.8 Å². The van der Waals surface area contributed by atoms with Crippen LogP contribution in [0.3, 0.4) is 0 Å². The summed E-state index contributed by atoms with van der Waals surface area (Å²) >= 11 is 0. The van der Waals surface area contributed by atoms with Crippen LogP contribution in [0.15, 0.2) is 0 Å². The van der Waals surface area contributed by atoms with Gasteiger partial charge in [0, 0.05) is 6.92 Å². The molecule has 0 aromatic carbocycles. The third-order valence-corrected chi connectivity index (χ3v) is 2.75. The van der Waals surface area contributed by atoms with Crippen molar-refractivity contribution in [1.29, 1.82) is 0 Å². The first-order valence-electron chi connectivity index (χ1n) is 6.99. The van der Waals surface area contributed by atoms with Crippen LogP contribution in [0, 0.1) is 11.8 Å². The second-order valence-corrected chi connectivity index (χ2v) is 5.52. The van der Waals surface area contributed by atoms with Crippen LogP contribution < -0.4 is 0 Å². The van der Waals surface area contributed by atoms with Crippen molar-refractivity contribution in [1.82, 2.24) is 0 Å². The molecule has 3 atom stereocenters. The quantitative estimate of drug-likeness (QED) is 0.529. The molecule has 116 valence electrons. The highest BCUT2D eigenvalue weighted by molar-refractivity contribution is 5.76. The van der Waals surface area contributed by atoms with Crippen LogP contribution in [0.5, 0.6) is 0 Å². The molecule has 1 rings (SSSR count). The second kappa shape index (κ2) is 7.47. The van der Waals surface area contributed by atoms with Crippen LogP contribution >= 0.6 is 0 Å². The van der Waals surface area contributed by atoms with Gasteiger partial charge in [-0.3, -0.25) is 4.79 Å². The lowest BCUT2D eigenvalue weighted by molar-refractivity contribution is -0.170. The minimum Gasteiger partial charge on any atom is -0.431 e. The fourth-order valence-corrected chi connectivity index (χ4v) is 1.67. The van der Waals surface area contributed by atoms with Crippen LogP contribution in [0.1, 0.15) is 41.0 Å². The van der Waals surface area contributed by atoms with Gasteiger partial charge in [-0.1, -0.05) is 0 Å². The van der Waals surface area contributed by atoms with Gasteiger partial charge in [0.1, 0.15) is 0 Å². The minimum absolute atomic E-state index is 0.152. The van der Waals surface area contributed by atoms with E-state index in [0.717, 1.165) is 6.42 Å². The third kappa shape index (κ3) is 6.23. The number of hydrogen-bond donors (Lipinski definition) is 0. The Morgan fingerprint density at radius 2 is 1.65 bits per heavy atom. The van der Waals surface area contributed by atoms with Gasteiger partial charge >= 0.3 is 12.1 Å². The number of esters is 1. The molecule has 0 bridgehead atoms. The number of hydrogen-bond acceptors (Lipinski definition) is 6. The van der Waals surface area contributed by atoms with Crippen molar-refractivity contribution >= 4 is 12.1 Å². The molecule has 1 saturated carbocycles. The molecule has 0 aromatic heterocycles. The maximum Gasteiger partial charge on any atom is 0.511 e. The van der Waals surface area contributed by atoms with Crippen molar-refractivity contribution in [2.75, 3.05) is 6.61 Å². The zero-order valence-electron chi connectivity index (χ0n) is 12.8.